The maximum absolute atomic E-state index is 11.2. The molecule has 2 rings (SSSR count). The summed E-state index contributed by atoms with van der Waals surface area (Å²) >= 11 is 0. The predicted molar refractivity (Wildman–Crippen MR) is 50.6 cm³/mol. The molecule has 1 aromatic heterocycles. The Bertz CT molecular complexity index is 611. The summed E-state index contributed by atoms with van der Waals surface area (Å²) in [6, 6.07) is 4.20. The van der Waals surface area contributed by atoms with Gasteiger partial charge in [-0.05, 0) is 23.4 Å². The van der Waals surface area contributed by atoms with Gasteiger partial charge in [-0.3, -0.25) is 9.78 Å². The van der Waals surface area contributed by atoms with Gasteiger partial charge in [0.2, 0.25) is 0 Å². The largest absolute Gasteiger partial charge is 0.326 e. The summed E-state index contributed by atoms with van der Waals surface area (Å²) in [5.74, 6) is 0. The van der Waals surface area contributed by atoms with Gasteiger partial charge < -0.3 is 4.98 Å². The Morgan fingerprint density at radius 1 is 1.14 bits per heavy atom. The van der Waals surface area contributed by atoms with Crippen molar-refractivity contribution in [3.05, 3.63) is 43.9 Å². The van der Waals surface area contributed by atoms with Gasteiger partial charge in [-0.25, -0.2) is 4.79 Å². The molecule has 70 valence electrons. The van der Waals surface area contributed by atoms with Crippen LogP contribution in [0.5, 0.6) is 0 Å². The number of hydrogen-bond acceptors (Lipinski definition) is 4. The SMILES string of the molecule is O=Nc1ccc2[nH]c(=O)[nH]c(=O)c2c1. The van der Waals surface area contributed by atoms with Gasteiger partial charge in [-0.2, -0.15) is 0 Å². The Morgan fingerprint density at radius 2 is 1.93 bits per heavy atom. The second kappa shape index (κ2) is 2.91. The van der Waals surface area contributed by atoms with E-state index in [4.69, 9.17) is 0 Å². The molecule has 0 bridgehead atoms. The summed E-state index contributed by atoms with van der Waals surface area (Å²) < 4.78 is 0. The zero-order valence-corrected chi connectivity index (χ0v) is 6.90. The number of aromatic nitrogens is 2. The van der Waals surface area contributed by atoms with Crippen molar-refractivity contribution in [2.24, 2.45) is 5.18 Å². The zero-order chi connectivity index (χ0) is 10.1. The van der Waals surface area contributed by atoms with E-state index in [0.717, 1.165) is 0 Å². The van der Waals surface area contributed by atoms with Gasteiger partial charge >= 0.3 is 5.69 Å². The smallest absolute Gasteiger partial charge is 0.307 e. The number of aromatic amines is 2. The Morgan fingerprint density at radius 3 is 2.64 bits per heavy atom. The van der Waals surface area contributed by atoms with Crippen LogP contribution >= 0.6 is 0 Å². The van der Waals surface area contributed by atoms with Crippen molar-refractivity contribution in [3.63, 3.8) is 0 Å². The van der Waals surface area contributed by atoms with Crippen LogP contribution < -0.4 is 11.2 Å². The van der Waals surface area contributed by atoms with Crippen LogP contribution in [0.25, 0.3) is 10.9 Å². The molecular formula is C8H5N3O3. The van der Waals surface area contributed by atoms with Crippen LogP contribution in [-0.2, 0) is 0 Å². The number of nitrogens with zero attached hydrogens (tertiary/aromatic N) is 1. The van der Waals surface area contributed by atoms with Gasteiger partial charge in [0.05, 0.1) is 10.9 Å². The van der Waals surface area contributed by atoms with E-state index in [0.29, 0.717) is 5.52 Å². The first-order valence-electron chi connectivity index (χ1n) is 3.80. The van der Waals surface area contributed by atoms with E-state index in [1.54, 1.807) is 0 Å². The maximum atomic E-state index is 11.2. The first-order valence-corrected chi connectivity index (χ1v) is 3.80. The van der Waals surface area contributed by atoms with Crippen molar-refractivity contribution in [3.8, 4) is 0 Å². The second-order valence-corrected chi connectivity index (χ2v) is 2.73. The highest BCUT2D eigenvalue weighted by atomic mass is 16.3. The topological polar surface area (TPSA) is 95.2 Å². The van der Waals surface area contributed by atoms with Crippen molar-refractivity contribution >= 4 is 16.6 Å². The molecule has 0 saturated heterocycles. The molecule has 0 spiro atoms. The van der Waals surface area contributed by atoms with Crippen LogP contribution in [0.1, 0.15) is 0 Å². The first kappa shape index (κ1) is 8.36. The fourth-order valence-corrected chi connectivity index (χ4v) is 1.21. The van der Waals surface area contributed by atoms with Crippen molar-refractivity contribution in [2.45, 2.75) is 0 Å². The number of hydrogen-bond donors (Lipinski definition) is 2. The summed E-state index contributed by atoms with van der Waals surface area (Å²) in [5, 5.41) is 2.93. The van der Waals surface area contributed by atoms with Crippen LogP contribution in [0.3, 0.4) is 0 Å². The van der Waals surface area contributed by atoms with Crippen molar-refractivity contribution < 1.29 is 0 Å². The minimum Gasteiger partial charge on any atom is -0.307 e. The summed E-state index contributed by atoms with van der Waals surface area (Å²) in [4.78, 5) is 36.8. The van der Waals surface area contributed by atoms with Crippen molar-refractivity contribution in [2.75, 3.05) is 0 Å². The molecule has 0 aliphatic rings. The van der Waals surface area contributed by atoms with Crippen molar-refractivity contribution in [1.82, 2.24) is 9.97 Å². The summed E-state index contributed by atoms with van der Waals surface area (Å²) in [6.07, 6.45) is 0. The molecular weight excluding hydrogens is 186 g/mol. The monoisotopic (exact) mass is 191 g/mol. The molecule has 0 amide bonds. The Kier molecular flexibility index (Phi) is 1.74. The molecule has 6 nitrogen and oxygen atoms in total. The highest BCUT2D eigenvalue weighted by Crippen LogP contribution is 2.15. The van der Waals surface area contributed by atoms with Gasteiger partial charge in [-0.1, -0.05) is 0 Å². The fourth-order valence-electron chi connectivity index (χ4n) is 1.21. The summed E-state index contributed by atoms with van der Waals surface area (Å²) in [5.41, 5.74) is -0.579. The summed E-state index contributed by atoms with van der Waals surface area (Å²) in [7, 11) is 0. The quantitative estimate of drug-likeness (QED) is 0.646. The van der Waals surface area contributed by atoms with Crippen LogP contribution in [-0.4, -0.2) is 9.97 Å². The van der Waals surface area contributed by atoms with E-state index in [1.165, 1.54) is 18.2 Å². The van der Waals surface area contributed by atoms with Crippen LogP contribution in [0.15, 0.2) is 33.0 Å². The van der Waals surface area contributed by atoms with E-state index < -0.39 is 11.2 Å². The average Bonchev–Trinajstić information content (AvgIpc) is 2.17. The van der Waals surface area contributed by atoms with E-state index in [1.807, 2.05) is 0 Å². The Balaban J connectivity index is 2.96. The second-order valence-electron chi connectivity index (χ2n) is 2.73. The molecule has 0 atom stereocenters. The standard InChI is InChI=1S/C8H5N3O3/c12-7-5-3-4(11-14)1-2-6(5)9-8(13)10-7/h1-3H,(H2,9,10,12,13). The first-order chi connectivity index (χ1) is 6.70. The highest BCUT2D eigenvalue weighted by Gasteiger charge is 2.01. The van der Waals surface area contributed by atoms with E-state index >= 15 is 0 Å². The lowest BCUT2D eigenvalue weighted by atomic mass is 10.2. The van der Waals surface area contributed by atoms with Gasteiger partial charge in [-0.15, -0.1) is 4.91 Å². The molecule has 2 aromatic rings. The van der Waals surface area contributed by atoms with E-state index in [-0.39, 0.29) is 11.1 Å². The number of nitroso groups, excluding NO2 is 1. The minimum atomic E-state index is -0.575. The molecule has 6 heteroatoms. The molecule has 14 heavy (non-hydrogen) atoms. The molecule has 1 heterocycles. The molecule has 0 aliphatic heterocycles. The Hall–Kier alpha value is -2.24. The van der Waals surface area contributed by atoms with Gasteiger partial charge in [0.15, 0.2) is 0 Å². The van der Waals surface area contributed by atoms with Crippen molar-refractivity contribution in [1.29, 1.82) is 0 Å². The molecule has 1 aromatic carbocycles. The lowest BCUT2D eigenvalue weighted by Crippen LogP contribution is -2.21. The zero-order valence-electron chi connectivity index (χ0n) is 6.90. The normalized spacial score (nSPS) is 10.3. The van der Waals surface area contributed by atoms with E-state index in [2.05, 4.69) is 15.1 Å². The lowest BCUT2D eigenvalue weighted by molar-refractivity contribution is 1.08. The highest BCUT2D eigenvalue weighted by molar-refractivity contribution is 5.80. The molecule has 0 fully saturated rings. The minimum absolute atomic E-state index is 0.148. The fraction of sp³-hybridized carbons (Fsp3) is 0. The number of nitrogens with one attached hydrogen (secondary N) is 2. The number of fused-ring (bicyclic) bond motifs is 1. The third-order valence-electron chi connectivity index (χ3n) is 1.83. The third kappa shape index (κ3) is 1.22. The van der Waals surface area contributed by atoms with Gasteiger partial charge in [0, 0.05) is 0 Å². The Labute approximate surface area is 76.6 Å². The average molecular weight is 191 g/mol. The van der Waals surface area contributed by atoms with Crippen LogP contribution in [0, 0.1) is 4.91 Å². The maximum Gasteiger partial charge on any atom is 0.326 e. The molecule has 0 saturated carbocycles. The van der Waals surface area contributed by atoms with Gasteiger partial charge in [0.25, 0.3) is 5.56 Å². The summed E-state index contributed by atoms with van der Waals surface area (Å²) in [6.45, 7) is 0. The van der Waals surface area contributed by atoms with Crippen LogP contribution in [0.4, 0.5) is 5.69 Å². The third-order valence-corrected chi connectivity index (χ3v) is 1.83. The molecule has 0 unspecified atom stereocenters. The predicted octanol–water partition coefficient (Wildman–Crippen LogP) is 0.614. The molecule has 2 N–H and O–H groups in total. The van der Waals surface area contributed by atoms with Gasteiger partial charge in [0.1, 0.15) is 5.69 Å². The molecule has 0 aliphatic carbocycles. The molecule has 0 radical (unpaired) electrons. The lowest BCUT2D eigenvalue weighted by Gasteiger charge is -1.95. The number of benzene rings is 1. The van der Waals surface area contributed by atoms with Crippen LogP contribution in [0.2, 0.25) is 0 Å². The number of H-pyrrole nitrogens is 2. The number of rotatable bonds is 1. The van der Waals surface area contributed by atoms with E-state index in [9.17, 15) is 14.5 Å².